The summed E-state index contributed by atoms with van der Waals surface area (Å²) in [7, 11) is -0.542. The van der Waals surface area contributed by atoms with Gasteiger partial charge in [-0.2, -0.15) is 0 Å². The van der Waals surface area contributed by atoms with Crippen LogP contribution in [0.15, 0.2) is 23.1 Å². The van der Waals surface area contributed by atoms with Crippen molar-refractivity contribution < 1.29 is 13.2 Å². The Bertz CT molecular complexity index is 731. The van der Waals surface area contributed by atoms with Crippen LogP contribution in [0.5, 0.6) is 0 Å². The van der Waals surface area contributed by atoms with E-state index < -0.39 is 10.0 Å². The normalized spacial score (nSPS) is 20.5. The standard InChI is InChI=1S/C18H29N3O3S/c1-13-7-6-10-21(12-13)15(3)18(22)19-17-11-16(9-8-14(17)2)25(23,24)20(4)5/h8-9,11,13,15H,6-7,10,12H2,1-5H3,(H,19,22)/t13-,15+/m0/s1. The lowest BCUT2D eigenvalue weighted by Crippen LogP contribution is -2.46. The van der Waals surface area contributed by atoms with E-state index in [1.807, 2.05) is 13.8 Å². The van der Waals surface area contributed by atoms with E-state index in [2.05, 4.69) is 17.1 Å². The minimum atomic E-state index is -3.53. The number of benzene rings is 1. The molecule has 140 valence electrons. The third-order valence-corrected chi connectivity index (χ3v) is 6.67. The van der Waals surface area contributed by atoms with Crippen LogP contribution in [0.1, 0.15) is 32.3 Å². The molecule has 0 spiro atoms. The molecule has 0 unspecified atom stereocenters. The second-order valence-corrected chi connectivity index (χ2v) is 9.32. The fraction of sp³-hybridized carbons (Fsp3) is 0.611. The number of sulfonamides is 1. The number of carbonyl (C=O) groups is 1. The smallest absolute Gasteiger partial charge is 0.242 e. The highest BCUT2D eigenvalue weighted by molar-refractivity contribution is 7.89. The Morgan fingerprint density at radius 1 is 1.36 bits per heavy atom. The third-order valence-electron chi connectivity index (χ3n) is 4.86. The van der Waals surface area contributed by atoms with Gasteiger partial charge in [0.1, 0.15) is 0 Å². The SMILES string of the molecule is Cc1ccc(S(=O)(=O)N(C)C)cc1NC(=O)[C@@H](C)N1CCC[C@H](C)C1. The number of nitrogens with zero attached hydrogens (tertiary/aromatic N) is 2. The van der Waals surface area contributed by atoms with Crippen molar-refractivity contribution in [1.82, 2.24) is 9.21 Å². The molecular weight excluding hydrogens is 338 g/mol. The first kappa shape index (κ1) is 19.9. The molecule has 1 aliphatic rings. The molecule has 1 aromatic carbocycles. The Labute approximate surface area is 151 Å². The number of likely N-dealkylation sites (tertiary alicyclic amines) is 1. The van der Waals surface area contributed by atoms with Gasteiger partial charge in [-0.05, 0) is 56.8 Å². The highest BCUT2D eigenvalue weighted by Crippen LogP contribution is 2.23. The Hall–Kier alpha value is -1.44. The van der Waals surface area contributed by atoms with Gasteiger partial charge >= 0.3 is 0 Å². The van der Waals surface area contributed by atoms with E-state index in [1.165, 1.54) is 30.9 Å². The second kappa shape index (κ2) is 7.85. The molecule has 1 aliphatic heterocycles. The quantitative estimate of drug-likeness (QED) is 0.867. The summed E-state index contributed by atoms with van der Waals surface area (Å²) >= 11 is 0. The highest BCUT2D eigenvalue weighted by Gasteiger charge is 2.26. The lowest BCUT2D eigenvalue weighted by atomic mass is 9.99. The van der Waals surface area contributed by atoms with E-state index in [4.69, 9.17) is 0 Å². The molecule has 6 nitrogen and oxygen atoms in total. The molecule has 7 heteroatoms. The highest BCUT2D eigenvalue weighted by atomic mass is 32.2. The molecule has 0 aliphatic carbocycles. The summed E-state index contributed by atoms with van der Waals surface area (Å²) in [5, 5.41) is 2.91. The van der Waals surface area contributed by atoms with E-state index in [1.54, 1.807) is 12.1 Å². The lowest BCUT2D eigenvalue weighted by molar-refractivity contribution is -0.121. The summed E-state index contributed by atoms with van der Waals surface area (Å²) in [6.07, 6.45) is 2.31. The number of piperidine rings is 1. The van der Waals surface area contributed by atoms with Crippen LogP contribution >= 0.6 is 0 Å². The number of rotatable bonds is 5. The fourth-order valence-corrected chi connectivity index (χ4v) is 4.02. The second-order valence-electron chi connectivity index (χ2n) is 7.17. The Balaban J connectivity index is 2.17. The third kappa shape index (κ3) is 4.59. The molecule has 0 saturated carbocycles. The van der Waals surface area contributed by atoms with Crippen LogP contribution in [-0.2, 0) is 14.8 Å². The molecule has 1 amide bonds. The van der Waals surface area contributed by atoms with E-state index in [-0.39, 0.29) is 16.8 Å². The average molecular weight is 368 g/mol. The Morgan fingerprint density at radius 3 is 2.64 bits per heavy atom. The van der Waals surface area contributed by atoms with E-state index in [0.29, 0.717) is 11.6 Å². The predicted molar refractivity (Wildman–Crippen MR) is 100 cm³/mol. The first-order chi connectivity index (χ1) is 11.6. The number of hydrogen-bond donors (Lipinski definition) is 1. The van der Waals surface area contributed by atoms with Gasteiger partial charge < -0.3 is 5.32 Å². The van der Waals surface area contributed by atoms with Crippen LogP contribution in [0, 0.1) is 12.8 Å². The molecule has 2 rings (SSSR count). The summed E-state index contributed by atoms with van der Waals surface area (Å²) in [6, 6.07) is 4.58. The van der Waals surface area contributed by atoms with Crippen LogP contribution in [0.3, 0.4) is 0 Å². The predicted octanol–water partition coefficient (Wildman–Crippen LogP) is 2.30. The number of hydrogen-bond acceptors (Lipinski definition) is 4. The summed E-state index contributed by atoms with van der Waals surface area (Å²) in [4.78, 5) is 15.0. The summed E-state index contributed by atoms with van der Waals surface area (Å²) < 4.78 is 25.8. The van der Waals surface area contributed by atoms with Crippen molar-refractivity contribution in [3.8, 4) is 0 Å². The molecule has 0 aromatic heterocycles. The maximum Gasteiger partial charge on any atom is 0.242 e. The number of amides is 1. The van der Waals surface area contributed by atoms with Crippen molar-refractivity contribution in [1.29, 1.82) is 0 Å². The van der Waals surface area contributed by atoms with Crippen LogP contribution in [0.2, 0.25) is 0 Å². The van der Waals surface area contributed by atoms with E-state index >= 15 is 0 Å². The Kier molecular flexibility index (Phi) is 6.24. The maximum atomic E-state index is 12.7. The maximum absolute atomic E-state index is 12.7. The Morgan fingerprint density at radius 2 is 2.04 bits per heavy atom. The van der Waals surface area contributed by atoms with Crippen molar-refractivity contribution in [2.75, 3.05) is 32.5 Å². The summed E-state index contributed by atoms with van der Waals surface area (Å²) in [5.41, 5.74) is 1.38. The lowest BCUT2D eigenvalue weighted by Gasteiger charge is -2.34. The molecule has 1 heterocycles. The molecule has 0 radical (unpaired) electrons. The zero-order chi connectivity index (χ0) is 18.8. The van der Waals surface area contributed by atoms with Crippen molar-refractivity contribution >= 4 is 21.6 Å². The molecule has 1 N–H and O–H groups in total. The molecule has 0 bridgehead atoms. The molecule has 1 fully saturated rings. The fourth-order valence-electron chi connectivity index (χ4n) is 3.09. The van der Waals surface area contributed by atoms with Crippen LogP contribution < -0.4 is 5.32 Å². The number of aryl methyl sites for hydroxylation is 1. The first-order valence-corrected chi connectivity index (χ1v) is 10.1. The van der Waals surface area contributed by atoms with Gasteiger partial charge in [-0.3, -0.25) is 9.69 Å². The van der Waals surface area contributed by atoms with Crippen LogP contribution in [-0.4, -0.2) is 56.8 Å². The molecule has 2 atom stereocenters. The van der Waals surface area contributed by atoms with Crippen LogP contribution in [0.4, 0.5) is 5.69 Å². The van der Waals surface area contributed by atoms with Crippen LogP contribution in [0.25, 0.3) is 0 Å². The van der Waals surface area contributed by atoms with Gasteiger partial charge in [0.05, 0.1) is 10.9 Å². The molecule has 1 saturated heterocycles. The molecular formula is C18H29N3O3S. The van der Waals surface area contributed by atoms with E-state index in [9.17, 15) is 13.2 Å². The average Bonchev–Trinajstić information content (AvgIpc) is 2.55. The monoisotopic (exact) mass is 367 g/mol. The van der Waals surface area contributed by atoms with Crippen molar-refractivity contribution in [2.45, 2.75) is 44.6 Å². The zero-order valence-corrected chi connectivity index (χ0v) is 16.6. The zero-order valence-electron chi connectivity index (χ0n) is 15.7. The van der Waals surface area contributed by atoms with Gasteiger partial charge in [0.2, 0.25) is 15.9 Å². The number of carbonyl (C=O) groups excluding carboxylic acids is 1. The van der Waals surface area contributed by atoms with E-state index in [0.717, 1.165) is 25.1 Å². The van der Waals surface area contributed by atoms with Gasteiger partial charge in [0, 0.05) is 26.3 Å². The van der Waals surface area contributed by atoms with Gasteiger partial charge in [-0.1, -0.05) is 13.0 Å². The van der Waals surface area contributed by atoms with Crippen molar-refractivity contribution in [2.24, 2.45) is 5.92 Å². The number of anilines is 1. The van der Waals surface area contributed by atoms with Crippen molar-refractivity contribution in [3.05, 3.63) is 23.8 Å². The number of nitrogens with one attached hydrogen (secondary N) is 1. The molecule has 1 aromatic rings. The summed E-state index contributed by atoms with van der Waals surface area (Å²) in [5.74, 6) is 0.496. The molecule has 25 heavy (non-hydrogen) atoms. The van der Waals surface area contributed by atoms with Gasteiger partial charge in [0.15, 0.2) is 0 Å². The largest absolute Gasteiger partial charge is 0.324 e. The van der Waals surface area contributed by atoms with Crippen molar-refractivity contribution in [3.63, 3.8) is 0 Å². The minimum absolute atomic E-state index is 0.100. The van der Waals surface area contributed by atoms with Gasteiger partial charge in [-0.15, -0.1) is 0 Å². The minimum Gasteiger partial charge on any atom is -0.324 e. The first-order valence-electron chi connectivity index (χ1n) is 8.71. The van der Waals surface area contributed by atoms with Gasteiger partial charge in [-0.25, -0.2) is 12.7 Å². The topological polar surface area (TPSA) is 69.7 Å². The van der Waals surface area contributed by atoms with Gasteiger partial charge in [0.25, 0.3) is 0 Å². The summed E-state index contributed by atoms with van der Waals surface area (Å²) in [6.45, 7) is 7.81.